The molecule has 4 heteroatoms. The third-order valence-electron chi connectivity index (χ3n) is 2.29. The summed E-state index contributed by atoms with van der Waals surface area (Å²) in [7, 11) is 0. The summed E-state index contributed by atoms with van der Waals surface area (Å²) in [5.74, 6) is 1.35. The highest BCUT2D eigenvalue weighted by molar-refractivity contribution is 9.10. The van der Waals surface area contributed by atoms with Gasteiger partial charge in [-0.3, -0.25) is 4.98 Å². The van der Waals surface area contributed by atoms with Crippen molar-refractivity contribution in [3.05, 3.63) is 51.2 Å². The molecule has 17 heavy (non-hydrogen) atoms. The van der Waals surface area contributed by atoms with Gasteiger partial charge in [0.15, 0.2) is 0 Å². The van der Waals surface area contributed by atoms with Gasteiger partial charge in [0.05, 0.1) is 10.7 Å². The minimum Gasteiger partial charge on any atom is -0.454 e. The smallest absolute Gasteiger partial charge is 0.148 e. The molecule has 0 fully saturated rings. The average Bonchev–Trinajstić information content (AvgIpc) is 2.25. The van der Waals surface area contributed by atoms with Crippen LogP contribution >= 0.6 is 27.5 Å². The summed E-state index contributed by atoms with van der Waals surface area (Å²) in [5.41, 5.74) is 1.82. The van der Waals surface area contributed by atoms with E-state index in [1.165, 1.54) is 0 Å². The van der Waals surface area contributed by atoms with Crippen molar-refractivity contribution in [1.82, 2.24) is 4.98 Å². The molecular weight excluding hydrogens is 302 g/mol. The van der Waals surface area contributed by atoms with Crippen molar-refractivity contribution in [2.75, 3.05) is 0 Å². The van der Waals surface area contributed by atoms with Crippen LogP contribution in [0.1, 0.15) is 11.4 Å². The van der Waals surface area contributed by atoms with Crippen LogP contribution < -0.4 is 4.74 Å². The van der Waals surface area contributed by atoms with Gasteiger partial charge in [0.2, 0.25) is 0 Å². The van der Waals surface area contributed by atoms with Gasteiger partial charge in [-0.1, -0.05) is 27.5 Å². The molecular formula is C13H11BrClNO. The molecule has 0 aliphatic carbocycles. The number of aromatic nitrogens is 1. The monoisotopic (exact) mass is 311 g/mol. The van der Waals surface area contributed by atoms with Crippen LogP contribution in [0.5, 0.6) is 11.5 Å². The van der Waals surface area contributed by atoms with E-state index in [1.54, 1.807) is 6.07 Å². The van der Waals surface area contributed by atoms with Gasteiger partial charge >= 0.3 is 0 Å². The molecule has 0 radical (unpaired) electrons. The predicted molar refractivity (Wildman–Crippen MR) is 72.9 cm³/mol. The van der Waals surface area contributed by atoms with Gasteiger partial charge in [0, 0.05) is 10.2 Å². The second kappa shape index (κ2) is 5.07. The van der Waals surface area contributed by atoms with Crippen LogP contribution in [0.3, 0.4) is 0 Å². The normalized spacial score (nSPS) is 10.4. The van der Waals surface area contributed by atoms with Crippen LogP contribution in [0.2, 0.25) is 5.02 Å². The standard InChI is InChI=1S/C13H11BrClNO/c1-8-3-5-12(9(2)16-8)17-13-6-4-10(14)7-11(13)15/h3-7H,1-2H3. The maximum Gasteiger partial charge on any atom is 0.148 e. The molecule has 1 aromatic carbocycles. The van der Waals surface area contributed by atoms with Crippen molar-refractivity contribution in [2.45, 2.75) is 13.8 Å². The Morgan fingerprint density at radius 3 is 2.47 bits per heavy atom. The van der Waals surface area contributed by atoms with Gasteiger partial charge in [-0.2, -0.15) is 0 Å². The Labute approximate surface area is 114 Å². The van der Waals surface area contributed by atoms with E-state index in [0.717, 1.165) is 21.6 Å². The van der Waals surface area contributed by atoms with Crippen LogP contribution in [-0.2, 0) is 0 Å². The van der Waals surface area contributed by atoms with Crippen molar-refractivity contribution in [2.24, 2.45) is 0 Å². The average molecular weight is 313 g/mol. The summed E-state index contributed by atoms with van der Waals surface area (Å²) in [5, 5.41) is 0.569. The summed E-state index contributed by atoms with van der Waals surface area (Å²) >= 11 is 9.44. The fraction of sp³-hybridized carbons (Fsp3) is 0.154. The summed E-state index contributed by atoms with van der Waals surface area (Å²) in [6, 6.07) is 9.32. The Morgan fingerprint density at radius 2 is 1.82 bits per heavy atom. The molecule has 0 saturated carbocycles. The molecule has 0 bridgehead atoms. The molecule has 88 valence electrons. The van der Waals surface area contributed by atoms with E-state index in [0.29, 0.717) is 10.8 Å². The Balaban J connectivity index is 2.31. The second-order valence-corrected chi connectivity index (χ2v) is 5.04. The number of hydrogen-bond donors (Lipinski definition) is 0. The number of halogens is 2. The summed E-state index contributed by atoms with van der Waals surface area (Å²) in [4.78, 5) is 4.34. The fourth-order valence-electron chi connectivity index (χ4n) is 1.46. The van der Waals surface area contributed by atoms with Crippen molar-refractivity contribution in [3.63, 3.8) is 0 Å². The van der Waals surface area contributed by atoms with Gasteiger partial charge in [0.1, 0.15) is 11.5 Å². The quantitative estimate of drug-likeness (QED) is 0.786. The van der Waals surface area contributed by atoms with E-state index in [9.17, 15) is 0 Å². The van der Waals surface area contributed by atoms with Crippen LogP contribution in [0.4, 0.5) is 0 Å². The first-order chi connectivity index (χ1) is 8.06. The van der Waals surface area contributed by atoms with E-state index in [-0.39, 0.29) is 0 Å². The Hall–Kier alpha value is -1.06. The van der Waals surface area contributed by atoms with Crippen LogP contribution in [0, 0.1) is 13.8 Å². The number of rotatable bonds is 2. The van der Waals surface area contributed by atoms with E-state index < -0.39 is 0 Å². The molecule has 1 aromatic heterocycles. The van der Waals surface area contributed by atoms with E-state index in [4.69, 9.17) is 16.3 Å². The molecule has 2 nitrogen and oxygen atoms in total. The van der Waals surface area contributed by atoms with Gasteiger partial charge in [-0.05, 0) is 44.2 Å². The molecule has 2 aromatic rings. The highest BCUT2D eigenvalue weighted by Crippen LogP contribution is 2.32. The minimum atomic E-state index is 0.569. The maximum atomic E-state index is 6.09. The summed E-state index contributed by atoms with van der Waals surface area (Å²) < 4.78 is 6.66. The highest BCUT2D eigenvalue weighted by atomic mass is 79.9. The number of hydrogen-bond acceptors (Lipinski definition) is 2. The number of aryl methyl sites for hydroxylation is 2. The lowest BCUT2D eigenvalue weighted by Gasteiger charge is -2.10. The van der Waals surface area contributed by atoms with E-state index in [2.05, 4.69) is 20.9 Å². The lowest BCUT2D eigenvalue weighted by Crippen LogP contribution is -1.92. The number of ether oxygens (including phenoxy) is 1. The molecule has 2 rings (SSSR count). The first-order valence-corrected chi connectivity index (χ1v) is 6.30. The molecule has 0 atom stereocenters. The predicted octanol–water partition coefficient (Wildman–Crippen LogP) is 4.91. The topological polar surface area (TPSA) is 22.1 Å². The zero-order valence-corrected chi connectivity index (χ0v) is 11.8. The van der Waals surface area contributed by atoms with Crippen molar-refractivity contribution < 1.29 is 4.74 Å². The van der Waals surface area contributed by atoms with E-state index in [1.807, 2.05) is 38.1 Å². The molecule has 1 heterocycles. The van der Waals surface area contributed by atoms with Crippen molar-refractivity contribution in [3.8, 4) is 11.5 Å². The highest BCUT2D eigenvalue weighted by Gasteiger charge is 2.06. The number of benzene rings is 1. The van der Waals surface area contributed by atoms with E-state index >= 15 is 0 Å². The number of pyridine rings is 1. The molecule has 0 amide bonds. The number of nitrogens with zero attached hydrogens (tertiary/aromatic N) is 1. The van der Waals surface area contributed by atoms with Gasteiger partial charge in [-0.15, -0.1) is 0 Å². The fourth-order valence-corrected chi connectivity index (χ4v) is 2.17. The lowest BCUT2D eigenvalue weighted by molar-refractivity contribution is 0.475. The largest absolute Gasteiger partial charge is 0.454 e. The molecule has 0 aliphatic rings. The molecule has 0 unspecified atom stereocenters. The Kier molecular flexibility index (Phi) is 3.69. The van der Waals surface area contributed by atoms with Gasteiger partial charge in [0.25, 0.3) is 0 Å². The summed E-state index contributed by atoms with van der Waals surface area (Å²) in [6.45, 7) is 3.86. The molecule has 0 spiro atoms. The first-order valence-electron chi connectivity index (χ1n) is 5.13. The Bertz CT molecular complexity index is 508. The van der Waals surface area contributed by atoms with Gasteiger partial charge in [-0.25, -0.2) is 0 Å². The summed E-state index contributed by atoms with van der Waals surface area (Å²) in [6.07, 6.45) is 0. The lowest BCUT2D eigenvalue weighted by atomic mass is 10.3. The van der Waals surface area contributed by atoms with Gasteiger partial charge < -0.3 is 4.74 Å². The third-order valence-corrected chi connectivity index (χ3v) is 3.08. The minimum absolute atomic E-state index is 0.569. The zero-order valence-electron chi connectivity index (χ0n) is 9.50. The van der Waals surface area contributed by atoms with Crippen molar-refractivity contribution >= 4 is 27.5 Å². The molecule has 0 N–H and O–H groups in total. The first kappa shape index (κ1) is 12.4. The van der Waals surface area contributed by atoms with Crippen LogP contribution in [0.15, 0.2) is 34.8 Å². The maximum absolute atomic E-state index is 6.09. The SMILES string of the molecule is Cc1ccc(Oc2ccc(Br)cc2Cl)c(C)n1. The second-order valence-electron chi connectivity index (χ2n) is 3.71. The molecule has 0 aliphatic heterocycles. The van der Waals surface area contributed by atoms with Crippen LogP contribution in [0.25, 0.3) is 0 Å². The third kappa shape index (κ3) is 2.99. The van der Waals surface area contributed by atoms with Crippen LogP contribution in [-0.4, -0.2) is 4.98 Å². The Morgan fingerprint density at radius 1 is 1.12 bits per heavy atom. The molecule has 0 saturated heterocycles. The zero-order chi connectivity index (χ0) is 12.4. The van der Waals surface area contributed by atoms with Crippen molar-refractivity contribution in [1.29, 1.82) is 0 Å².